The van der Waals surface area contributed by atoms with Crippen LogP contribution in [0.1, 0.15) is 5.56 Å². The summed E-state index contributed by atoms with van der Waals surface area (Å²) in [6, 6.07) is 14.0. The van der Waals surface area contributed by atoms with E-state index >= 15 is 0 Å². The third-order valence-corrected chi connectivity index (χ3v) is 3.01. The highest BCUT2D eigenvalue weighted by molar-refractivity contribution is 6.18. The van der Waals surface area contributed by atoms with Gasteiger partial charge in [-0.3, -0.25) is 0 Å². The molecule has 0 amide bonds. The second kappa shape index (κ2) is 7.00. The van der Waals surface area contributed by atoms with Crippen LogP contribution in [0.2, 0.25) is 0 Å². The number of anilines is 1. The van der Waals surface area contributed by atoms with Gasteiger partial charge in [0, 0.05) is 25.2 Å². The van der Waals surface area contributed by atoms with Crippen molar-refractivity contribution in [1.29, 1.82) is 0 Å². The predicted molar refractivity (Wildman–Crippen MR) is 79.0 cm³/mol. The maximum atomic E-state index is 5.90. The fourth-order valence-electron chi connectivity index (χ4n) is 1.94. The highest BCUT2D eigenvalue weighted by atomic mass is 35.5. The molecule has 3 nitrogen and oxygen atoms in total. The molecule has 0 unspecified atom stereocenters. The predicted octanol–water partition coefficient (Wildman–Crippen LogP) is 3.34. The lowest BCUT2D eigenvalue weighted by Crippen LogP contribution is -2.26. The summed E-state index contributed by atoms with van der Waals surface area (Å²) in [5.41, 5.74) is 1.22. The van der Waals surface area contributed by atoms with Crippen molar-refractivity contribution in [1.82, 2.24) is 4.98 Å². The normalized spacial score (nSPS) is 10.2. The number of pyridine rings is 1. The summed E-state index contributed by atoms with van der Waals surface area (Å²) in [6.45, 7) is 1.49. The molecule has 100 valence electrons. The van der Waals surface area contributed by atoms with Gasteiger partial charge in [-0.2, -0.15) is 0 Å². The fourth-order valence-corrected chi connectivity index (χ4v) is 2.15. The van der Waals surface area contributed by atoms with Gasteiger partial charge in [-0.05, 0) is 17.7 Å². The summed E-state index contributed by atoms with van der Waals surface area (Å²) in [7, 11) is 1.65. The molecule has 2 rings (SSSR count). The van der Waals surface area contributed by atoms with Gasteiger partial charge in [-0.1, -0.05) is 30.3 Å². The molecular weight excluding hydrogens is 260 g/mol. The lowest BCUT2D eigenvalue weighted by molar-refractivity contribution is 0.412. The SMILES string of the molecule is COc1cccnc1N(CCCl)Cc1ccccc1. The van der Waals surface area contributed by atoms with Crippen LogP contribution in [0.3, 0.4) is 0 Å². The zero-order valence-electron chi connectivity index (χ0n) is 10.9. The largest absolute Gasteiger partial charge is 0.493 e. The second-order valence-corrected chi connectivity index (χ2v) is 4.50. The minimum Gasteiger partial charge on any atom is -0.493 e. The molecule has 0 atom stereocenters. The molecule has 0 spiro atoms. The first-order chi connectivity index (χ1) is 9.35. The van der Waals surface area contributed by atoms with Gasteiger partial charge in [0.25, 0.3) is 0 Å². The Morgan fingerprint density at radius 2 is 1.95 bits per heavy atom. The molecule has 1 aromatic carbocycles. The topological polar surface area (TPSA) is 25.4 Å². The molecule has 0 bridgehead atoms. The number of alkyl halides is 1. The van der Waals surface area contributed by atoms with E-state index in [-0.39, 0.29) is 0 Å². The molecule has 0 aliphatic rings. The van der Waals surface area contributed by atoms with Gasteiger partial charge < -0.3 is 9.64 Å². The second-order valence-electron chi connectivity index (χ2n) is 4.13. The molecule has 1 aromatic heterocycles. The van der Waals surface area contributed by atoms with Crippen LogP contribution in [-0.4, -0.2) is 24.5 Å². The van der Waals surface area contributed by atoms with E-state index in [9.17, 15) is 0 Å². The third kappa shape index (κ3) is 3.61. The van der Waals surface area contributed by atoms with Gasteiger partial charge in [-0.15, -0.1) is 11.6 Å². The van der Waals surface area contributed by atoms with Crippen molar-refractivity contribution in [2.45, 2.75) is 6.54 Å². The molecule has 0 saturated heterocycles. The summed E-state index contributed by atoms with van der Waals surface area (Å²) in [5, 5.41) is 0. The quantitative estimate of drug-likeness (QED) is 0.757. The number of methoxy groups -OCH3 is 1. The Balaban J connectivity index is 2.24. The average molecular weight is 277 g/mol. The van der Waals surface area contributed by atoms with Crippen molar-refractivity contribution in [2.75, 3.05) is 24.4 Å². The summed E-state index contributed by atoms with van der Waals surface area (Å²) < 4.78 is 5.36. The van der Waals surface area contributed by atoms with Gasteiger partial charge in [-0.25, -0.2) is 4.98 Å². The molecule has 0 fully saturated rings. The van der Waals surface area contributed by atoms with Gasteiger partial charge in [0.2, 0.25) is 0 Å². The van der Waals surface area contributed by atoms with Crippen LogP contribution in [0.15, 0.2) is 48.7 Å². The Kier molecular flexibility index (Phi) is 5.04. The third-order valence-electron chi connectivity index (χ3n) is 2.84. The van der Waals surface area contributed by atoms with Gasteiger partial charge >= 0.3 is 0 Å². The van der Waals surface area contributed by atoms with Crippen LogP contribution >= 0.6 is 11.6 Å². The van der Waals surface area contributed by atoms with Crippen LogP contribution in [-0.2, 0) is 6.54 Å². The fraction of sp³-hybridized carbons (Fsp3) is 0.267. The number of ether oxygens (including phenoxy) is 1. The summed E-state index contributed by atoms with van der Waals surface area (Å²) in [6.07, 6.45) is 1.77. The Hall–Kier alpha value is -1.74. The number of hydrogen-bond acceptors (Lipinski definition) is 3. The first-order valence-corrected chi connectivity index (χ1v) is 6.72. The van der Waals surface area contributed by atoms with E-state index in [2.05, 4.69) is 22.0 Å². The number of halogens is 1. The maximum Gasteiger partial charge on any atom is 0.171 e. The Morgan fingerprint density at radius 3 is 2.63 bits per heavy atom. The zero-order valence-corrected chi connectivity index (χ0v) is 11.7. The monoisotopic (exact) mass is 276 g/mol. The molecule has 19 heavy (non-hydrogen) atoms. The van der Waals surface area contributed by atoms with Crippen LogP contribution in [0, 0.1) is 0 Å². The van der Waals surface area contributed by atoms with E-state index in [4.69, 9.17) is 16.3 Å². The Labute approximate surface area is 118 Å². The first kappa shape index (κ1) is 13.7. The minimum absolute atomic E-state index is 0.548. The van der Waals surface area contributed by atoms with Crippen molar-refractivity contribution in [3.05, 3.63) is 54.2 Å². The number of hydrogen-bond donors (Lipinski definition) is 0. The molecule has 4 heteroatoms. The molecule has 0 aliphatic carbocycles. The summed E-state index contributed by atoms with van der Waals surface area (Å²) in [4.78, 5) is 6.53. The average Bonchev–Trinajstić information content (AvgIpc) is 2.48. The van der Waals surface area contributed by atoms with Crippen LogP contribution < -0.4 is 9.64 Å². The Morgan fingerprint density at radius 1 is 1.16 bits per heavy atom. The number of nitrogens with zero attached hydrogens (tertiary/aromatic N) is 2. The van der Waals surface area contributed by atoms with Crippen molar-refractivity contribution in [2.24, 2.45) is 0 Å². The zero-order chi connectivity index (χ0) is 13.5. The van der Waals surface area contributed by atoms with Gasteiger partial charge in [0.05, 0.1) is 7.11 Å². The van der Waals surface area contributed by atoms with Crippen LogP contribution in [0.25, 0.3) is 0 Å². The maximum absolute atomic E-state index is 5.90. The first-order valence-electron chi connectivity index (χ1n) is 6.19. The smallest absolute Gasteiger partial charge is 0.171 e. The minimum atomic E-state index is 0.548. The molecular formula is C15H17ClN2O. The number of rotatable bonds is 6. The van der Waals surface area contributed by atoms with Crippen molar-refractivity contribution < 1.29 is 4.74 Å². The van der Waals surface area contributed by atoms with E-state index in [1.54, 1.807) is 13.3 Å². The lowest BCUT2D eigenvalue weighted by atomic mass is 10.2. The van der Waals surface area contributed by atoms with Crippen LogP contribution in [0.5, 0.6) is 5.75 Å². The molecule has 0 radical (unpaired) electrons. The van der Waals surface area contributed by atoms with E-state index in [0.29, 0.717) is 5.88 Å². The van der Waals surface area contributed by atoms with Gasteiger partial charge in [0.1, 0.15) is 0 Å². The van der Waals surface area contributed by atoms with E-state index in [1.165, 1.54) is 5.56 Å². The molecule has 2 aromatic rings. The lowest BCUT2D eigenvalue weighted by Gasteiger charge is -2.24. The Bertz CT molecular complexity index is 505. The molecule has 0 N–H and O–H groups in total. The van der Waals surface area contributed by atoms with Crippen molar-refractivity contribution in [3.8, 4) is 5.75 Å². The van der Waals surface area contributed by atoms with E-state index in [0.717, 1.165) is 24.7 Å². The molecule has 0 aliphatic heterocycles. The summed E-state index contributed by atoms with van der Waals surface area (Å²) >= 11 is 5.90. The van der Waals surface area contributed by atoms with Crippen LogP contribution in [0.4, 0.5) is 5.82 Å². The number of aromatic nitrogens is 1. The van der Waals surface area contributed by atoms with E-state index < -0.39 is 0 Å². The van der Waals surface area contributed by atoms with Crippen molar-refractivity contribution in [3.63, 3.8) is 0 Å². The molecule has 0 saturated carbocycles. The summed E-state index contributed by atoms with van der Waals surface area (Å²) in [5.74, 6) is 2.14. The number of benzene rings is 1. The highest BCUT2D eigenvalue weighted by Crippen LogP contribution is 2.26. The molecule has 1 heterocycles. The van der Waals surface area contributed by atoms with E-state index in [1.807, 2.05) is 30.3 Å². The van der Waals surface area contributed by atoms with Crippen molar-refractivity contribution >= 4 is 17.4 Å². The van der Waals surface area contributed by atoms with Gasteiger partial charge in [0.15, 0.2) is 11.6 Å². The highest BCUT2D eigenvalue weighted by Gasteiger charge is 2.13. The standard InChI is InChI=1S/C15H17ClN2O/c1-19-14-8-5-10-17-15(14)18(11-9-16)12-13-6-3-2-4-7-13/h2-8,10H,9,11-12H2,1H3.